The Morgan fingerprint density at radius 3 is 1.31 bits per heavy atom. The van der Waals surface area contributed by atoms with Crippen LogP contribution in [-0.2, 0) is 0 Å². The molecule has 0 aromatic heterocycles. The lowest BCUT2D eigenvalue weighted by Crippen LogP contribution is -2.06. The third-order valence-electron chi connectivity index (χ3n) is 4.29. The SMILES string of the molecule is COc1c(OC)c(OC)c2c(c1OC)Oc1cc3ccccc3cc1O2. The fourth-order valence-corrected chi connectivity index (χ4v) is 3.12. The molecule has 0 unspecified atom stereocenters. The van der Waals surface area contributed by atoms with Gasteiger partial charge in [0.15, 0.2) is 11.5 Å². The quantitative estimate of drug-likeness (QED) is 0.526. The topological polar surface area (TPSA) is 55.4 Å². The minimum absolute atomic E-state index is 0.374. The summed E-state index contributed by atoms with van der Waals surface area (Å²) in [6.45, 7) is 0. The van der Waals surface area contributed by atoms with Gasteiger partial charge in [-0.2, -0.15) is 0 Å². The van der Waals surface area contributed by atoms with Gasteiger partial charge < -0.3 is 28.4 Å². The lowest BCUT2D eigenvalue weighted by Gasteiger charge is -2.26. The van der Waals surface area contributed by atoms with Crippen molar-refractivity contribution in [3.8, 4) is 46.0 Å². The van der Waals surface area contributed by atoms with Gasteiger partial charge in [-0.3, -0.25) is 0 Å². The Bertz CT molecular complexity index is 916. The molecular weight excluding hydrogens is 336 g/mol. The summed E-state index contributed by atoms with van der Waals surface area (Å²) in [6, 6.07) is 11.8. The van der Waals surface area contributed by atoms with Crippen molar-refractivity contribution in [2.24, 2.45) is 0 Å². The second kappa shape index (κ2) is 6.22. The molecule has 1 aliphatic rings. The average Bonchev–Trinajstić information content (AvgIpc) is 2.68. The lowest BCUT2D eigenvalue weighted by atomic mass is 10.1. The number of hydrogen-bond donors (Lipinski definition) is 0. The molecule has 134 valence electrons. The molecule has 0 amide bonds. The van der Waals surface area contributed by atoms with E-state index in [1.165, 1.54) is 28.4 Å². The Morgan fingerprint density at radius 2 is 0.962 bits per heavy atom. The molecule has 3 aromatic rings. The van der Waals surface area contributed by atoms with E-state index in [1.54, 1.807) is 0 Å². The highest BCUT2D eigenvalue weighted by Gasteiger charge is 2.34. The van der Waals surface area contributed by atoms with Gasteiger partial charge in [-0.15, -0.1) is 0 Å². The van der Waals surface area contributed by atoms with E-state index in [9.17, 15) is 0 Å². The molecule has 0 saturated heterocycles. The third-order valence-corrected chi connectivity index (χ3v) is 4.29. The zero-order chi connectivity index (χ0) is 18.3. The summed E-state index contributed by atoms with van der Waals surface area (Å²) in [5.74, 6) is 3.43. The van der Waals surface area contributed by atoms with Gasteiger partial charge in [0.2, 0.25) is 34.5 Å². The molecule has 3 aromatic carbocycles. The molecule has 4 rings (SSSR count). The number of ether oxygens (including phenoxy) is 6. The first-order chi connectivity index (χ1) is 12.7. The zero-order valence-electron chi connectivity index (χ0n) is 14.9. The van der Waals surface area contributed by atoms with Crippen molar-refractivity contribution in [1.29, 1.82) is 0 Å². The summed E-state index contributed by atoms with van der Waals surface area (Å²) in [7, 11) is 6.11. The summed E-state index contributed by atoms with van der Waals surface area (Å²) in [4.78, 5) is 0. The molecule has 0 radical (unpaired) electrons. The number of hydrogen-bond acceptors (Lipinski definition) is 6. The van der Waals surface area contributed by atoms with Gasteiger partial charge in [0.05, 0.1) is 28.4 Å². The van der Waals surface area contributed by atoms with E-state index >= 15 is 0 Å². The van der Waals surface area contributed by atoms with Crippen LogP contribution in [0, 0.1) is 0 Å². The first kappa shape index (κ1) is 16.2. The van der Waals surface area contributed by atoms with Crippen LogP contribution < -0.4 is 28.4 Å². The number of methoxy groups -OCH3 is 4. The van der Waals surface area contributed by atoms with Crippen molar-refractivity contribution in [2.75, 3.05) is 28.4 Å². The Kier molecular flexibility index (Phi) is 3.88. The van der Waals surface area contributed by atoms with E-state index in [1.807, 2.05) is 36.4 Å². The predicted molar refractivity (Wildman–Crippen MR) is 96.7 cm³/mol. The first-order valence-electron chi connectivity index (χ1n) is 8.00. The van der Waals surface area contributed by atoms with Gasteiger partial charge in [-0.1, -0.05) is 24.3 Å². The smallest absolute Gasteiger partial charge is 0.220 e. The molecule has 0 atom stereocenters. The van der Waals surface area contributed by atoms with E-state index in [4.69, 9.17) is 28.4 Å². The van der Waals surface area contributed by atoms with Crippen molar-refractivity contribution < 1.29 is 28.4 Å². The van der Waals surface area contributed by atoms with E-state index in [2.05, 4.69) is 0 Å². The highest BCUT2D eigenvalue weighted by atomic mass is 16.6. The monoisotopic (exact) mass is 354 g/mol. The highest BCUT2D eigenvalue weighted by Crippen LogP contribution is 2.62. The van der Waals surface area contributed by atoms with Gasteiger partial charge >= 0.3 is 0 Å². The third kappa shape index (κ3) is 2.26. The van der Waals surface area contributed by atoms with Gasteiger partial charge in [0, 0.05) is 0 Å². The minimum Gasteiger partial charge on any atom is -0.490 e. The van der Waals surface area contributed by atoms with Crippen molar-refractivity contribution >= 4 is 10.8 Å². The second-order valence-corrected chi connectivity index (χ2v) is 5.64. The van der Waals surface area contributed by atoms with Crippen molar-refractivity contribution in [1.82, 2.24) is 0 Å². The Balaban J connectivity index is 1.97. The van der Waals surface area contributed by atoms with Crippen LogP contribution in [-0.4, -0.2) is 28.4 Å². The average molecular weight is 354 g/mol. The summed E-state index contributed by atoms with van der Waals surface area (Å²) >= 11 is 0. The zero-order valence-corrected chi connectivity index (χ0v) is 14.9. The summed E-state index contributed by atoms with van der Waals surface area (Å²) < 4.78 is 34.2. The maximum atomic E-state index is 6.13. The van der Waals surface area contributed by atoms with Crippen LogP contribution in [0.25, 0.3) is 10.8 Å². The fraction of sp³-hybridized carbons (Fsp3) is 0.200. The van der Waals surface area contributed by atoms with Gasteiger partial charge in [-0.25, -0.2) is 0 Å². The van der Waals surface area contributed by atoms with Crippen molar-refractivity contribution in [2.45, 2.75) is 0 Å². The number of fused-ring (bicyclic) bond motifs is 3. The van der Waals surface area contributed by atoms with Crippen LogP contribution in [0.1, 0.15) is 0 Å². The molecule has 0 aliphatic carbocycles. The van der Waals surface area contributed by atoms with Crippen molar-refractivity contribution in [3.63, 3.8) is 0 Å². The largest absolute Gasteiger partial charge is 0.490 e. The molecule has 26 heavy (non-hydrogen) atoms. The van der Waals surface area contributed by atoms with Crippen LogP contribution in [0.4, 0.5) is 0 Å². The molecule has 1 aliphatic heterocycles. The Labute approximate surface area is 150 Å². The van der Waals surface area contributed by atoms with Crippen LogP contribution in [0.5, 0.6) is 46.0 Å². The van der Waals surface area contributed by atoms with E-state index < -0.39 is 0 Å². The van der Waals surface area contributed by atoms with Crippen LogP contribution in [0.15, 0.2) is 36.4 Å². The van der Waals surface area contributed by atoms with Crippen LogP contribution in [0.2, 0.25) is 0 Å². The Hall–Kier alpha value is -3.28. The van der Waals surface area contributed by atoms with Crippen LogP contribution in [0.3, 0.4) is 0 Å². The fourth-order valence-electron chi connectivity index (χ4n) is 3.12. The molecule has 1 heterocycles. The molecule has 6 heteroatoms. The van der Waals surface area contributed by atoms with E-state index in [0.29, 0.717) is 46.0 Å². The second-order valence-electron chi connectivity index (χ2n) is 5.64. The first-order valence-corrected chi connectivity index (χ1v) is 8.00. The molecular formula is C20H18O6. The van der Waals surface area contributed by atoms with Gasteiger partial charge in [0.1, 0.15) is 0 Å². The number of rotatable bonds is 4. The molecule has 6 nitrogen and oxygen atoms in total. The van der Waals surface area contributed by atoms with Crippen molar-refractivity contribution in [3.05, 3.63) is 36.4 Å². The Morgan fingerprint density at radius 1 is 0.577 bits per heavy atom. The molecule has 0 spiro atoms. The van der Waals surface area contributed by atoms with E-state index in [-0.39, 0.29) is 0 Å². The molecule has 0 saturated carbocycles. The maximum absolute atomic E-state index is 6.13. The number of benzene rings is 3. The summed E-state index contributed by atoms with van der Waals surface area (Å²) in [5, 5.41) is 2.09. The van der Waals surface area contributed by atoms with E-state index in [0.717, 1.165) is 10.8 Å². The molecule has 0 N–H and O–H groups in total. The van der Waals surface area contributed by atoms with Crippen LogP contribution >= 0.6 is 0 Å². The summed E-state index contributed by atoms with van der Waals surface area (Å²) in [6.07, 6.45) is 0. The normalized spacial score (nSPS) is 11.7. The highest BCUT2D eigenvalue weighted by molar-refractivity contribution is 5.87. The standard InChI is InChI=1S/C20H18O6/c1-21-15-16(22-2)18(24-4)20-19(17(15)23-3)25-13-9-11-7-5-6-8-12(11)10-14(13)26-20/h5-10H,1-4H3. The predicted octanol–water partition coefficient (Wildman–Crippen LogP) is 4.77. The minimum atomic E-state index is 0.374. The van der Waals surface area contributed by atoms with Gasteiger partial charge in [0.25, 0.3) is 0 Å². The maximum Gasteiger partial charge on any atom is 0.220 e. The van der Waals surface area contributed by atoms with Gasteiger partial charge in [-0.05, 0) is 22.9 Å². The molecule has 0 fully saturated rings. The molecule has 0 bridgehead atoms. The summed E-state index contributed by atoms with van der Waals surface area (Å²) in [5.41, 5.74) is 0. The lowest BCUT2D eigenvalue weighted by molar-refractivity contribution is 0.270.